The van der Waals surface area contributed by atoms with Gasteiger partial charge in [0, 0.05) is 0 Å². The van der Waals surface area contributed by atoms with Gasteiger partial charge in [0.15, 0.2) is 11.1 Å². The fourth-order valence-corrected chi connectivity index (χ4v) is 1.39. The van der Waals surface area contributed by atoms with Crippen LogP contribution in [0.4, 0.5) is 0 Å². The molecular formula is C6H13NO2S. The summed E-state index contributed by atoms with van der Waals surface area (Å²) in [6.07, 6.45) is 2.14. The summed E-state index contributed by atoms with van der Waals surface area (Å²) < 4.78 is 18.6. The van der Waals surface area contributed by atoms with Crippen LogP contribution in [0.1, 0.15) is 12.8 Å². The zero-order valence-electron chi connectivity index (χ0n) is 5.95. The van der Waals surface area contributed by atoms with Gasteiger partial charge in [-0.05, 0) is 32.5 Å². The molecule has 60 valence electrons. The molecule has 0 bridgehead atoms. The van der Waals surface area contributed by atoms with Crippen LogP contribution in [0, 0.1) is 0 Å². The molecule has 0 aliphatic carbocycles. The van der Waals surface area contributed by atoms with E-state index in [1.807, 2.05) is 0 Å². The van der Waals surface area contributed by atoms with Gasteiger partial charge in [-0.15, -0.1) is 0 Å². The smallest absolute Gasteiger partial charge is 0.152 e. The molecule has 0 aromatic rings. The van der Waals surface area contributed by atoms with Crippen molar-refractivity contribution >= 4 is 11.1 Å². The van der Waals surface area contributed by atoms with E-state index in [9.17, 15) is 4.21 Å². The molecule has 3 nitrogen and oxygen atoms in total. The monoisotopic (exact) mass is 163 g/mol. The van der Waals surface area contributed by atoms with E-state index in [-0.39, 0.29) is 0 Å². The first-order valence-corrected chi connectivity index (χ1v) is 4.86. The minimum absolute atomic E-state index is 0.427. The summed E-state index contributed by atoms with van der Waals surface area (Å²) in [6, 6.07) is 0. The van der Waals surface area contributed by atoms with Gasteiger partial charge < -0.3 is 9.45 Å². The molecule has 0 aromatic heterocycles. The SMILES string of the molecule is O=S(O)CCCN1CCC1. The molecule has 0 radical (unpaired) electrons. The second-order valence-corrected chi connectivity index (χ2v) is 3.63. The Morgan fingerprint density at radius 2 is 2.20 bits per heavy atom. The van der Waals surface area contributed by atoms with Crippen molar-refractivity contribution in [2.45, 2.75) is 12.8 Å². The summed E-state index contributed by atoms with van der Waals surface area (Å²) in [5.74, 6) is 0.427. The zero-order chi connectivity index (χ0) is 7.40. The Hall–Kier alpha value is 0.0700. The van der Waals surface area contributed by atoms with Crippen LogP contribution in [0.3, 0.4) is 0 Å². The maximum absolute atomic E-state index is 10.2. The molecular weight excluding hydrogens is 150 g/mol. The van der Waals surface area contributed by atoms with Crippen molar-refractivity contribution in [3.05, 3.63) is 0 Å². The second-order valence-electron chi connectivity index (χ2n) is 2.57. The molecule has 1 aliphatic rings. The van der Waals surface area contributed by atoms with Crippen LogP contribution >= 0.6 is 0 Å². The van der Waals surface area contributed by atoms with Crippen LogP contribution < -0.4 is 0 Å². The van der Waals surface area contributed by atoms with Gasteiger partial charge in [0.25, 0.3) is 0 Å². The van der Waals surface area contributed by atoms with Gasteiger partial charge in [-0.1, -0.05) is 0 Å². The lowest BCUT2D eigenvalue weighted by molar-refractivity contribution is 0.182. The molecule has 1 heterocycles. The number of likely N-dealkylation sites (tertiary alicyclic amines) is 1. The van der Waals surface area contributed by atoms with Gasteiger partial charge in [-0.3, -0.25) is 0 Å². The lowest BCUT2D eigenvalue weighted by Gasteiger charge is -2.30. The number of hydrogen-bond acceptors (Lipinski definition) is 2. The van der Waals surface area contributed by atoms with Crippen molar-refractivity contribution in [3.63, 3.8) is 0 Å². The maximum Gasteiger partial charge on any atom is 0.152 e. The van der Waals surface area contributed by atoms with E-state index in [0.717, 1.165) is 13.0 Å². The molecule has 1 N–H and O–H groups in total. The van der Waals surface area contributed by atoms with Gasteiger partial charge in [0.1, 0.15) is 0 Å². The molecule has 1 saturated heterocycles. The Balaban J connectivity index is 1.89. The zero-order valence-corrected chi connectivity index (χ0v) is 6.77. The highest BCUT2D eigenvalue weighted by Crippen LogP contribution is 2.05. The molecule has 1 atom stereocenters. The molecule has 4 heteroatoms. The minimum Gasteiger partial charge on any atom is -0.306 e. The summed E-state index contributed by atoms with van der Waals surface area (Å²) >= 11 is -1.59. The molecule has 1 unspecified atom stereocenters. The molecule has 0 spiro atoms. The van der Waals surface area contributed by atoms with E-state index in [1.54, 1.807) is 0 Å². The van der Waals surface area contributed by atoms with Crippen LogP contribution in [-0.2, 0) is 11.1 Å². The van der Waals surface area contributed by atoms with E-state index in [0.29, 0.717) is 5.75 Å². The third-order valence-electron chi connectivity index (χ3n) is 1.74. The molecule has 1 rings (SSSR count). The Labute approximate surface area is 63.7 Å². The van der Waals surface area contributed by atoms with Gasteiger partial charge in [-0.2, -0.15) is 0 Å². The second kappa shape index (κ2) is 4.05. The molecule has 0 aromatic carbocycles. The van der Waals surface area contributed by atoms with Crippen molar-refractivity contribution in [1.82, 2.24) is 4.90 Å². The van der Waals surface area contributed by atoms with Crippen molar-refractivity contribution in [1.29, 1.82) is 0 Å². The number of hydrogen-bond donors (Lipinski definition) is 1. The third-order valence-corrected chi connectivity index (χ3v) is 2.38. The normalized spacial score (nSPS) is 22.1. The average molecular weight is 163 g/mol. The van der Waals surface area contributed by atoms with Crippen molar-refractivity contribution in [2.24, 2.45) is 0 Å². The summed E-state index contributed by atoms with van der Waals surface area (Å²) in [5, 5.41) is 0. The Morgan fingerprint density at radius 1 is 1.50 bits per heavy atom. The molecule has 1 aliphatic heterocycles. The first-order valence-electron chi connectivity index (χ1n) is 3.59. The highest BCUT2D eigenvalue weighted by atomic mass is 32.2. The standard InChI is InChI=1S/C6H13NO2S/c8-10(9)6-2-5-7-3-1-4-7/h1-6H2,(H,8,9). The number of nitrogens with zero attached hydrogens (tertiary/aromatic N) is 1. The van der Waals surface area contributed by atoms with Crippen LogP contribution in [0.5, 0.6) is 0 Å². The highest BCUT2D eigenvalue weighted by Gasteiger charge is 2.12. The highest BCUT2D eigenvalue weighted by molar-refractivity contribution is 7.79. The first-order chi connectivity index (χ1) is 4.79. The average Bonchev–Trinajstić information content (AvgIpc) is 1.75. The third kappa shape index (κ3) is 2.77. The van der Waals surface area contributed by atoms with Crippen molar-refractivity contribution in [3.8, 4) is 0 Å². The predicted octanol–water partition coefficient (Wildman–Crippen LogP) is 0.304. The van der Waals surface area contributed by atoms with Crippen molar-refractivity contribution < 1.29 is 8.76 Å². The Morgan fingerprint density at radius 3 is 2.60 bits per heavy atom. The fourth-order valence-electron chi connectivity index (χ4n) is 1.02. The van der Waals surface area contributed by atoms with E-state index in [1.165, 1.54) is 19.5 Å². The van der Waals surface area contributed by atoms with Crippen molar-refractivity contribution in [2.75, 3.05) is 25.4 Å². The van der Waals surface area contributed by atoms with Crippen LogP contribution in [0.25, 0.3) is 0 Å². The molecule has 0 amide bonds. The van der Waals surface area contributed by atoms with Gasteiger partial charge >= 0.3 is 0 Å². The fraction of sp³-hybridized carbons (Fsp3) is 1.00. The molecule has 0 saturated carbocycles. The molecule has 1 fully saturated rings. The predicted molar refractivity (Wildman–Crippen MR) is 41.3 cm³/mol. The van der Waals surface area contributed by atoms with Gasteiger partial charge in [0.2, 0.25) is 0 Å². The van der Waals surface area contributed by atoms with Gasteiger partial charge in [0.05, 0.1) is 5.75 Å². The summed E-state index contributed by atoms with van der Waals surface area (Å²) in [6.45, 7) is 3.35. The van der Waals surface area contributed by atoms with E-state index < -0.39 is 11.1 Å². The van der Waals surface area contributed by atoms with E-state index >= 15 is 0 Å². The Bertz CT molecular complexity index is 125. The first kappa shape index (κ1) is 8.17. The van der Waals surface area contributed by atoms with Crippen LogP contribution in [-0.4, -0.2) is 39.0 Å². The summed E-state index contributed by atoms with van der Waals surface area (Å²) in [7, 11) is 0. The summed E-state index contributed by atoms with van der Waals surface area (Å²) in [5.41, 5.74) is 0. The number of rotatable bonds is 4. The van der Waals surface area contributed by atoms with Crippen LogP contribution in [0.15, 0.2) is 0 Å². The van der Waals surface area contributed by atoms with E-state index in [2.05, 4.69) is 4.90 Å². The lowest BCUT2D eigenvalue weighted by Crippen LogP contribution is -2.38. The Kier molecular flexibility index (Phi) is 3.31. The van der Waals surface area contributed by atoms with E-state index in [4.69, 9.17) is 4.55 Å². The largest absolute Gasteiger partial charge is 0.306 e. The van der Waals surface area contributed by atoms with Crippen LogP contribution in [0.2, 0.25) is 0 Å². The topological polar surface area (TPSA) is 40.5 Å². The molecule has 10 heavy (non-hydrogen) atoms. The maximum atomic E-state index is 10.2. The van der Waals surface area contributed by atoms with Gasteiger partial charge in [-0.25, -0.2) is 4.21 Å². The summed E-state index contributed by atoms with van der Waals surface area (Å²) in [4.78, 5) is 2.30. The lowest BCUT2D eigenvalue weighted by atomic mass is 10.2. The quantitative estimate of drug-likeness (QED) is 0.606. The minimum atomic E-state index is -1.59.